The van der Waals surface area contributed by atoms with Gasteiger partial charge in [0.25, 0.3) is 0 Å². The number of methoxy groups -OCH3 is 1. The summed E-state index contributed by atoms with van der Waals surface area (Å²) in [5, 5.41) is 13.1. The highest BCUT2D eigenvalue weighted by atomic mass is 16.5. The molecule has 1 rings (SSSR count). The maximum Gasteiger partial charge on any atom is 0.119 e. The van der Waals surface area contributed by atoms with E-state index in [9.17, 15) is 5.11 Å². The lowest BCUT2D eigenvalue weighted by molar-refractivity contribution is 0.175. The summed E-state index contributed by atoms with van der Waals surface area (Å²) in [6.07, 6.45) is 0.293. The molecule has 0 heterocycles. The van der Waals surface area contributed by atoms with Gasteiger partial charge in [0.05, 0.1) is 13.2 Å². The van der Waals surface area contributed by atoms with Crippen LogP contribution in [0.1, 0.15) is 25.0 Å². The van der Waals surface area contributed by atoms with Crippen molar-refractivity contribution in [3.05, 3.63) is 29.8 Å². The summed E-state index contributed by atoms with van der Waals surface area (Å²) in [4.78, 5) is 0. The monoisotopic (exact) mass is 233 g/mol. The highest BCUT2D eigenvalue weighted by Gasteiger charge is 2.07. The van der Waals surface area contributed by atoms with E-state index >= 15 is 0 Å². The standard InChI is InChI=1S/C14H19NO2/c1-3-4-5-9-15-11-14(16)12-7-6-8-13(10-12)17-2/h6-8,10,14-16H,5,9,11H2,1-2H3. The number of aliphatic hydroxyl groups excluding tert-OH is 1. The fourth-order valence-corrected chi connectivity index (χ4v) is 1.48. The van der Waals surface area contributed by atoms with Gasteiger partial charge < -0.3 is 15.2 Å². The first kappa shape index (κ1) is 13.6. The minimum Gasteiger partial charge on any atom is -0.497 e. The normalized spacial score (nSPS) is 11.5. The molecule has 0 aliphatic rings. The van der Waals surface area contributed by atoms with Gasteiger partial charge in [-0.15, -0.1) is 11.8 Å². The zero-order chi connectivity index (χ0) is 12.5. The average Bonchev–Trinajstić information content (AvgIpc) is 2.38. The van der Waals surface area contributed by atoms with E-state index in [2.05, 4.69) is 17.2 Å². The van der Waals surface area contributed by atoms with Crippen molar-refractivity contribution < 1.29 is 9.84 Å². The highest BCUT2D eigenvalue weighted by molar-refractivity contribution is 5.29. The Morgan fingerprint density at radius 1 is 1.47 bits per heavy atom. The largest absolute Gasteiger partial charge is 0.497 e. The first-order valence-electron chi connectivity index (χ1n) is 5.70. The number of nitrogens with one attached hydrogen (secondary N) is 1. The van der Waals surface area contributed by atoms with Crippen LogP contribution in [-0.4, -0.2) is 25.3 Å². The second-order valence-corrected chi connectivity index (χ2v) is 3.67. The third kappa shape index (κ3) is 4.90. The van der Waals surface area contributed by atoms with Crippen LogP contribution in [0.4, 0.5) is 0 Å². The van der Waals surface area contributed by atoms with Gasteiger partial charge in [0.15, 0.2) is 0 Å². The van der Waals surface area contributed by atoms with Crippen molar-refractivity contribution in [3.63, 3.8) is 0 Å². The van der Waals surface area contributed by atoms with Gasteiger partial charge in [0, 0.05) is 19.5 Å². The van der Waals surface area contributed by atoms with Gasteiger partial charge in [-0.2, -0.15) is 0 Å². The SMILES string of the molecule is CC#CCCNCC(O)c1cccc(OC)c1. The molecule has 1 unspecified atom stereocenters. The molecule has 1 aromatic rings. The molecule has 3 nitrogen and oxygen atoms in total. The summed E-state index contributed by atoms with van der Waals surface area (Å²) in [5.74, 6) is 6.56. The van der Waals surface area contributed by atoms with E-state index in [1.807, 2.05) is 31.2 Å². The quantitative estimate of drug-likeness (QED) is 0.581. The summed E-state index contributed by atoms with van der Waals surface area (Å²) >= 11 is 0. The van der Waals surface area contributed by atoms with E-state index in [-0.39, 0.29) is 0 Å². The van der Waals surface area contributed by atoms with Crippen LogP contribution in [-0.2, 0) is 0 Å². The molecular weight excluding hydrogens is 214 g/mol. The molecule has 2 N–H and O–H groups in total. The van der Waals surface area contributed by atoms with E-state index in [0.717, 1.165) is 24.3 Å². The van der Waals surface area contributed by atoms with Crippen molar-refractivity contribution in [1.29, 1.82) is 0 Å². The Labute approximate surface area is 103 Å². The second-order valence-electron chi connectivity index (χ2n) is 3.67. The van der Waals surface area contributed by atoms with Gasteiger partial charge >= 0.3 is 0 Å². The van der Waals surface area contributed by atoms with Crippen LogP contribution in [0.15, 0.2) is 24.3 Å². The molecule has 1 atom stereocenters. The molecule has 1 aromatic carbocycles. The van der Waals surface area contributed by atoms with Crippen LogP contribution in [0.25, 0.3) is 0 Å². The Morgan fingerprint density at radius 2 is 2.29 bits per heavy atom. The smallest absolute Gasteiger partial charge is 0.119 e. The molecule has 0 amide bonds. The van der Waals surface area contributed by atoms with E-state index < -0.39 is 6.10 Å². The lowest BCUT2D eigenvalue weighted by Gasteiger charge is -2.12. The molecule has 0 bridgehead atoms. The van der Waals surface area contributed by atoms with Crippen LogP contribution >= 0.6 is 0 Å². The van der Waals surface area contributed by atoms with E-state index in [4.69, 9.17) is 4.74 Å². The van der Waals surface area contributed by atoms with Crippen LogP contribution < -0.4 is 10.1 Å². The highest BCUT2D eigenvalue weighted by Crippen LogP contribution is 2.18. The fourth-order valence-electron chi connectivity index (χ4n) is 1.48. The zero-order valence-corrected chi connectivity index (χ0v) is 10.4. The molecule has 17 heavy (non-hydrogen) atoms. The lowest BCUT2D eigenvalue weighted by Crippen LogP contribution is -2.22. The number of aliphatic hydroxyl groups is 1. The van der Waals surface area contributed by atoms with Crippen molar-refractivity contribution in [2.75, 3.05) is 20.2 Å². The molecule has 3 heteroatoms. The molecule has 0 fully saturated rings. The van der Waals surface area contributed by atoms with Crippen LogP contribution in [0, 0.1) is 11.8 Å². The number of benzene rings is 1. The number of rotatable bonds is 6. The predicted molar refractivity (Wildman–Crippen MR) is 68.9 cm³/mol. The summed E-state index contributed by atoms with van der Waals surface area (Å²) < 4.78 is 5.11. The van der Waals surface area contributed by atoms with Crippen molar-refractivity contribution in [2.24, 2.45) is 0 Å². The van der Waals surface area contributed by atoms with Gasteiger partial charge in [-0.05, 0) is 24.6 Å². The summed E-state index contributed by atoms with van der Waals surface area (Å²) in [7, 11) is 1.62. The predicted octanol–water partition coefficient (Wildman–Crippen LogP) is 1.73. The third-order valence-electron chi connectivity index (χ3n) is 2.42. The minimum absolute atomic E-state index is 0.514. The van der Waals surface area contributed by atoms with Crippen molar-refractivity contribution in [1.82, 2.24) is 5.32 Å². The van der Waals surface area contributed by atoms with Gasteiger partial charge in [0.1, 0.15) is 5.75 Å². The van der Waals surface area contributed by atoms with Crippen LogP contribution in [0.3, 0.4) is 0 Å². The third-order valence-corrected chi connectivity index (χ3v) is 2.42. The number of ether oxygens (including phenoxy) is 1. The maximum absolute atomic E-state index is 9.94. The average molecular weight is 233 g/mol. The summed E-state index contributed by atoms with van der Waals surface area (Å²) in [5.41, 5.74) is 0.860. The molecular formula is C14H19NO2. The number of hydrogen-bond acceptors (Lipinski definition) is 3. The molecule has 0 aromatic heterocycles. The molecule has 92 valence electrons. The van der Waals surface area contributed by atoms with Crippen molar-refractivity contribution in [3.8, 4) is 17.6 Å². The maximum atomic E-state index is 9.94. The topological polar surface area (TPSA) is 41.5 Å². The summed E-state index contributed by atoms with van der Waals surface area (Å²) in [6.45, 7) is 3.14. The van der Waals surface area contributed by atoms with Gasteiger partial charge in [-0.25, -0.2) is 0 Å². The lowest BCUT2D eigenvalue weighted by atomic mass is 10.1. The fraction of sp³-hybridized carbons (Fsp3) is 0.429. The van der Waals surface area contributed by atoms with Gasteiger partial charge in [0.2, 0.25) is 0 Å². The van der Waals surface area contributed by atoms with E-state index in [1.54, 1.807) is 7.11 Å². The van der Waals surface area contributed by atoms with E-state index in [0.29, 0.717) is 6.54 Å². The second kappa shape index (κ2) is 7.72. The Bertz CT molecular complexity index is 393. The Balaban J connectivity index is 2.39. The molecule has 0 saturated heterocycles. The molecule has 0 radical (unpaired) electrons. The van der Waals surface area contributed by atoms with Crippen LogP contribution in [0.5, 0.6) is 5.75 Å². The summed E-state index contributed by atoms with van der Waals surface area (Å²) in [6, 6.07) is 7.47. The van der Waals surface area contributed by atoms with Gasteiger partial charge in [-0.1, -0.05) is 12.1 Å². The Hall–Kier alpha value is -1.50. The first-order valence-corrected chi connectivity index (χ1v) is 5.70. The number of hydrogen-bond donors (Lipinski definition) is 2. The van der Waals surface area contributed by atoms with Gasteiger partial charge in [-0.3, -0.25) is 0 Å². The first-order chi connectivity index (χ1) is 8.27. The Morgan fingerprint density at radius 3 is 3.00 bits per heavy atom. The molecule has 0 aliphatic carbocycles. The molecule has 0 aliphatic heterocycles. The van der Waals surface area contributed by atoms with Crippen molar-refractivity contribution >= 4 is 0 Å². The minimum atomic E-state index is -0.514. The van der Waals surface area contributed by atoms with Crippen molar-refractivity contribution in [2.45, 2.75) is 19.4 Å². The van der Waals surface area contributed by atoms with E-state index in [1.165, 1.54) is 0 Å². The molecule has 0 saturated carbocycles. The molecule has 0 spiro atoms. The Kier molecular flexibility index (Phi) is 6.16. The zero-order valence-electron chi connectivity index (χ0n) is 10.4. The van der Waals surface area contributed by atoms with Crippen LogP contribution in [0.2, 0.25) is 0 Å².